The zero-order valence-corrected chi connectivity index (χ0v) is 16.6. The molecule has 1 N–H and O–H groups in total. The maximum atomic E-state index is 13.2. The second kappa shape index (κ2) is 6.86. The van der Waals surface area contributed by atoms with Crippen LogP contribution in [0.2, 0.25) is 0 Å². The molecule has 1 spiro atoms. The van der Waals surface area contributed by atoms with Gasteiger partial charge in [-0.1, -0.05) is 11.2 Å². The molecular formula is C21H25N5O3. The minimum Gasteiger partial charge on any atom is -0.388 e. The van der Waals surface area contributed by atoms with Crippen molar-refractivity contribution < 1.29 is 14.4 Å². The number of imidazole rings is 1. The average Bonchev–Trinajstić information content (AvgIpc) is 3.25. The molecular weight excluding hydrogens is 370 g/mol. The maximum absolute atomic E-state index is 13.2. The zero-order chi connectivity index (χ0) is 20.0. The van der Waals surface area contributed by atoms with Gasteiger partial charge in [-0.25, -0.2) is 4.98 Å². The van der Waals surface area contributed by atoms with Gasteiger partial charge in [0, 0.05) is 44.6 Å². The molecule has 1 aliphatic carbocycles. The standard InChI is InChI=1S/C21H25N5O3/c1-14-18(26-10-3-2-7-17(26)22-14)20(28)25-11-8-21(9-12-25)13-16(24-29-21)19(27)23-15-5-4-6-15/h2-3,7,10,15H,4-6,8-9,11-13H2,1H3,(H,23,27). The van der Waals surface area contributed by atoms with Crippen molar-refractivity contribution in [2.45, 2.75) is 57.1 Å². The number of piperidine rings is 1. The van der Waals surface area contributed by atoms with E-state index in [0.29, 0.717) is 43.8 Å². The summed E-state index contributed by atoms with van der Waals surface area (Å²) in [6.07, 6.45) is 6.98. The minimum absolute atomic E-state index is 0.0158. The SMILES string of the molecule is Cc1nc2ccccn2c1C(=O)N1CCC2(CC1)CC(C(=O)NC1CCC1)=NO2. The number of carbonyl (C=O) groups excluding carboxylic acids is 2. The van der Waals surface area contributed by atoms with E-state index in [2.05, 4.69) is 15.5 Å². The molecule has 0 atom stereocenters. The fourth-order valence-electron chi connectivity index (χ4n) is 4.37. The second-order valence-electron chi connectivity index (χ2n) is 8.36. The monoisotopic (exact) mass is 395 g/mol. The molecule has 5 rings (SSSR count). The summed E-state index contributed by atoms with van der Waals surface area (Å²) >= 11 is 0. The quantitative estimate of drug-likeness (QED) is 0.862. The number of amides is 2. The first-order valence-electron chi connectivity index (χ1n) is 10.3. The van der Waals surface area contributed by atoms with Crippen molar-refractivity contribution in [1.82, 2.24) is 19.6 Å². The Bertz CT molecular complexity index is 999. The molecule has 152 valence electrons. The third-order valence-corrected chi connectivity index (χ3v) is 6.41. The molecule has 8 heteroatoms. The summed E-state index contributed by atoms with van der Waals surface area (Å²) in [6.45, 7) is 3.02. The first kappa shape index (κ1) is 18.1. The number of fused-ring (bicyclic) bond motifs is 1. The minimum atomic E-state index is -0.461. The Kier molecular flexibility index (Phi) is 4.29. The highest BCUT2D eigenvalue weighted by molar-refractivity contribution is 6.39. The molecule has 29 heavy (non-hydrogen) atoms. The first-order valence-corrected chi connectivity index (χ1v) is 10.3. The van der Waals surface area contributed by atoms with E-state index in [0.717, 1.165) is 24.2 Å². The normalized spacial score (nSPS) is 21.0. The summed E-state index contributed by atoms with van der Waals surface area (Å²) in [5.41, 5.74) is 2.14. The van der Waals surface area contributed by atoms with Crippen molar-refractivity contribution in [2.24, 2.45) is 5.16 Å². The van der Waals surface area contributed by atoms with Gasteiger partial charge in [0.15, 0.2) is 0 Å². The van der Waals surface area contributed by atoms with Crippen molar-refractivity contribution in [3.05, 3.63) is 35.8 Å². The predicted molar refractivity (Wildman–Crippen MR) is 107 cm³/mol. The molecule has 4 heterocycles. The van der Waals surface area contributed by atoms with Crippen LogP contribution in [0, 0.1) is 6.92 Å². The molecule has 2 aromatic rings. The Morgan fingerprint density at radius 1 is 1.24 bits per heavy atom. The zero-order valence-electron chi connectivity index (χ0n) is 16.6. The van der Waals surface area contributed by atoms with E-state index in [-0.39, 0.29) is 17.9 Å². The Balaban J connectivity index is 1.23. The van der Waals surface area contributed by atoms with Crippen molar-refractivity contribution in [3.63, 3.8) is 0 Å². The number of likely N-dealkylation sites (tertiary alicyclic amines) is 1. The van der Waals surface area contributed by atoms with Crippen LogP contribution in [0.4, 0.5) is 0 Å². The van der Waals surface area contributed by atoms with Gasteiger partial charge < -0.3 is 15.1 Å². The summed E-state index contributed by atoms with van der Waals surface area (Å²) in [7, 11) is 0. The van der Waals surface area contributed by atoms with E-state index in [1.807, 2.05) is 40.6 Å². The van der Waals surface area contributed by atoms with Crippen LogP contribution in [0.25, 0.3) is 5.65 Å². The lowest BCUT2D eigenvalue weighted by atomic mass is 9.86. The van der Waals surface area contributed by atoms with Crippen LogP contribution in [-0.2, 0) is 9.63 Å². The fourth-order valence-corrected chi connectivity index (χ4v) is 4.37. The summed E-state index contributed by atoms with van der Waals surface area (Å²) in [5.74, 6) is -0.121. The number of hydrogen-bond acceptors (Lipinski definition) is 5. The fraction of sp³-hybridized carbons (Fsp3) is 0.524. The van der Waals surface area contributed by atoms with Gasteiger partial charge in [-0.2, -0.15) is 0 Å². The highest BCUT2D eigenvalue weighted by Gasteiger charge is 2.45. The number of aryl methyl sites for hydroxylation is 1. The molecule has 2 amide bonds. The Morgan fingerprint density at radius 2 is 2.03 bits per heavy atom. The van der Waals surface area contributed by atoms with E-state index < -0.39 is 5.60 Å². The molecule has 0 radical (unpaired) electrons. The van der Waals surface area contributed by atoms with Crippen molar-refractivity contribution in [2.75, 3.05) is 13.1 Å². The lowest BCUT2D eigenvalue weighted by molar-refractivity contribution is -0.116. The molecule has 0 unspecified atom stereocenters. The van der Waals surface area contributed by atoms with E-state index in [9.17, 15) is 9.59 Å². The molecule has 1 saturated heterocycles. The average molecular weight is 395 g/mol. The number of hydrogen-bond donors (Lipinski definition) is 1. The number of aromatic nitrogens is 2. The van der Waals surface area contributed by atoms with Crippen LogP contribution >= 0.6 is 0 Å². The Hall–Kier alpha value is -2.90. The van der Waals surface area contributed by atoms with Crippen molar-refractivity contribution in [1.29, 1.82) is 0 Å². The molecule has 0 aromatic carbocycles. The summed E-state index contributed by atoms with van der Waals surface area (Å²) < 4.78 is 1.85. The van der Waals surface area contributed by atoms with Crippen molar-refractivity contribution >= 4 is 23.2 Å². The van der Waals surface area contributed by atoms with Gasteiger partial charge >= 0.3 is 0 Å². The molecule has 8 nitrogen and oxygen atoms in total. The third kappa shape index (κ3) is 3.16. The Morgan fingerprint density at radius 3 is 2.76 bits per heavy atom. The highest BCUT2D eigenvalue weighted by Crippen LogP contribution is 2.35. The number of carbonyl (C=O) groups is 2. The van der Waals surface area contributed by atoms with Gasteiger partial charge in [0.2, 0.25) is 0 Å². The lowest BCUT2D eigenvalue weighted by Crippen LogP contribution is -2.48. The van der Waals surface area contributed by atoms with E-state index in [1.54, 1.807) is 0 Å². The van der Waals surface area contributed by atoms with Crippen LogP contribution < -0.4 is 5.32 Å². The van der Waals surface area contributed by atoms with Gasteiger partial charge in [0.25, 0.3) is 11.8 Å². The van der Waals surface area contributed by atoms with Gasteiger partial charge in [-0.15, -0.1) is 0 Å². The van der Waals surface area contributed by atoms with Gasteiger partial charge in [-0.05, 0) is 38.3 Å². The Labute approximate surface area is 168 Å². The third-order valence-electron chi connectivity index (χ3n) is 6.41. The van der Waals surface area contributed by atoms with E-state index >= 15 is 0 Å². The molecule has 0 bridgehead atoms. The van der Waals surface area contributed by atoms with Gasteiger partial charge in [-0.3, -0.25) is 14.0 Å². The molecule has 2 aliphatic heterocycles. The van der Waals surface area contributed by atoms with Crippen LogP contribution in [-0.4, -0.2) is 56.5 Å². The summed E-state index contributed by atoms with van der Waals surface area (Å²) in [6, 6.07) is 6.00. The van der Waals surface area contributed by atoms with Crippen LogP contribution in [0.3, 0.4) is 0 Å². The molecule has 2 fully saturated rings. The van der Waals surface area contributed by atoms with Gasteiger partial charge in [0.05, 0.1) is 5.69 Å². The lowest BCUT2D eigenvalue weighted by Gasteiger charge is -2.37. The van der Waals surface area contributed by atoms with E-state index in [1.165, 1.54) is 6.42 Å². The van der Waals surface area contributed by atoms with Crippen LogP contribution in [0.5, 0.6) is 0 Å². The molecule has 1 saturated carbocycles. The largest absolute Gasteiger partial charge is 0.388 e. The number of pyridine rings is 1. The second-order valence-corrected chi connectivity index (χ2v) is 8.36. The first-order chi connectivity index (χ1) is 14.0. The number of rotatable bonds is 3. The highest BCUT2D eigenvalue weighted by atomic mass is 16.7. The van der Waals surface area contributed by atoms with Crippen LogP contribution in [0.1, 0.15) is 54.7 Å². The van der Waals surface area contributed by atoms with E-state index in [4.69, 9.17) is 4.84 Å². The number of nitrogens with one attached hydrogen (secondary N) is 1. The van der Waals surface area contributed by atoms with Crippen LogP contribution in [0.15, 0.2) is 29.6 Å². The maximum Gasteiger partial charge on any atom is 0.272 e. The molecule has 3 aliphatic rings. The number of oxime groups is 1. The predicted octanol–water partition coefficient (Wildman–Crippen LogP) is 2.06. The summed E-state index contributed by atoms with van der Waals surface area (Å²) in [4.78, 5) is 37.6. The molecule has 2 aromatic heterocycles. The summed E-state index contributed by atoms with van der Waals surface area (Å²) in [5, 5.41) is 7.11. The van der Waals surface area contributed by atoms with Crippen molar-refractivity contribution in [3.8, 4) is 0 Å². The smallest absolute Gasteiger partial charge is 0.272 e. The topological polar surface area (TPSA) is 88.3 Å². The van der Waals surface area contributed by atoms with Gasteiger partial charge in [0.1, 0.15) is 22.7 Å². The number of nitrogens with zero attached hydrogens (tertiary/aromatic N) is 4.